The summed E-state index contributed by atoms with van der Waals surface area (Å²) in [6, 6.07) is 5.89. The molecule has 1 aliphatic carbocycles. The molecule has 1 aliphatic rings. The second kappa shape index (κ2) is 4.37. The average molecular weight is 230 g/mol. The molecule has 90 valence electrons. The van der Waals surface area contributed by atoms with Crippen molar-refractivity contribution in [3.63, 3.8) is 0 Å². The quantitative estimate of drug-likeness (QED) is 0.799. The lowest BCUT2D eigenvalue weighted by atomic mass is 9.91. The summed E-state index contributed by atoms with van der Waals surface area (Å²) in [4.78, 5) is 11.9. The first-order valence-corrected chi connectivity index (χ1v) is 6.16. The van der Waals surface area contributed by atoms with Crippen molar-refractivity contribution in [2.24, 2.45) is 5.41 Å². The Morgan fingerprint density at radius 2 is 2.18 bits per heavy atom. The van der Waals surface area contributed by atoms with Crippen LogP contribution in [0.15, 0.2) is 16.9 Å². The van der Waals surface area contributed by atoms with Gasteiger partial charge in [-0.25, -0.2) is 0 Å². The van der Waals surface area contributed by atoms with E-state index in [9.17, 15) is 4.79 Å². The number of aryl methyl sites for hydroxylation is 1. The minimum absolute atomic E-state index is 0.0689. The molecule has 0 saturated carbocycles. The van der Waals surface area contributed by atoms with Crippen LogP contribution in [0.2, 0.25) is 0 Å². The van der Waals surface area contributed by atoms with E-state index in [2.05, 4.69) is 6.07 Å². The lowest BCUT2D eigenvalue weighted by Crippen LogP contribution is -2.25. The van der Waals surface area contributed by atoms with Crippen LogP contribution in [0.1, 0.15) is 37.9 Å². The van der Waals surface area contributed by atoms with Crippen LogP contribution < -0.4 is 5.56 Å². The Bertz CT molecular complexity index is 520. The highest BCUT2D eigenvalue weighted by Gasteiger charge is 2.20. The number of nitrogens with zero attached hydrogens (tertiary/aromatic N) is 2. The summed E-state index contributed by atoms with van der Waals surface area (Å²) in [7, 11) is 0. The third-order valence-electron chi connectivity index (χ3n) is 3.51. The molecular formula is C14H18N2O. The molecule has 1 aromatic rings. The molecular weight excluding hydrogens is 212 g/mol. The molecule has 0 aliphatic heterocycles. The van der Waals surface area contributed by atoms with Crippen LogP contribution in [-0.2, 0) is 19.4 Å². The zero-order valence-electron chi connectivity index (χ0n) is 10.5. The third kappa shape index (κ3) is 2.41. The first-order valence-electron chi connectivity index (χ1n) is 6.16. The van der Waals surface area contributed by atoms with Crippen molar-refractivity contribution in [2.45, 2.75) is 46.1 Å². The topological polar surface area (TPSA) is 45.8 Å². The van der Waals surface area contributed by atoms with E-state index < -0.39 is 0 Å². The van der Waals surface area contributed by atoms with Crippen LogP contribution in [0.3, 0.4) is 0 Å². The van der Waals surface area contributed by atoms with E-state index in [1.165, 1.54) is 11.3 Å². The van der Waals surface area contributed by atoms with E-state index >= 15 is 0 Å². The Morgan fingerprint density at radius 1 is 1.41 bits per heavy atom. The standard InChI is InChI=1S/C14H18N2O/c1-14(2,10-15)8-9-16-12-5-3-4-11(12)6-7-13(16)17/h6-7H,3-5,8-9H2,1-2H3. The zero-order valence-corrected chi connectivity index (χ0v) is 10.5. The minimum atomic E-state index is -0.360. The summed E-state index contributed by atoms with van der Waals surface area (Å²) >= 11 is 0. The summed E-state index contributed by atoms with van der Waals surface area (Å²) in [5.41, 5.74) is 2.20. The van der Waals surface area contributed by atoms with Gasteiger partial charge in [0.15, 0.2) is 0 Å². The highest BCUT2D eigenvalue weighted by molar-refractivity contribution is 5.25. The Morgan fingerprint density at radius 3 is 2.88 bits per heavy atom. The fraction of sp³-hybridized carbons (Fsp3) is 0.571. The van der Waals surface area contributed by atoms with Crippen LogP contribution in [0, 0.1) is 16.7 Å². The molecule has 0 unspecified atom stereocenters. The number of fused-ring (bicyclic) bond motifs is 1. The van der Waals surface area contributed by atoms with Gasteiger partial charge in [-0.15, -0.1) is 0 Å². The van der Waals surface area contributed by atoms with E-state index in [1.807, 2.05) is 24.5 Å². The molecule has 1 aromatic heterocycles. The predicted octanol–water partition coefficient (Wildman–Crippen LogP) is 2.28. The molecule has 0 aromatic carbocycles. The normalized spacial score (nSPS) is 14.4. The molecule has 0 amide bonds. The third-order valence-corrected chi connectivity index (χ3v) is 3.51. The van der Waals surface area contributed by atoms with Crippen LogP contribution in [0.25, 0.3) is 0 Å². The first-order chi connectivity index (χ1) is 8.03. The second-order valence-corrected chi connectivity index (χ2v) is 5.39. The molecule has 0 radical (unpaired) electrons. The smallest absolute Gasteiger partial charge is 0.250 e. The Balaban J connectivity index is 2.26. The van der Waals surface area contributed by atoms with Crippen molar-refractivity contribution in [1.82, 2.24) is 4.57 Å². The maximum Gasteiger partial charge on any atom is 0.250 e. The van der Waals surface area contributed by atoms with Crippen molar-refractivity contribution in [3.05, 3.63) is 33.7 Å². The summed E-state index contributed by atoms with van der Waals surface area (Å²) in [5.74, 6) is 0. The monoisotopic (exact) mass is 230 g/mol. The average Bonchev–Trinajstić information content (AvgIpc) is 2.76. The number of rotatable bonds is 3. The van der Waals surface area contributed by atoms with Gasteiger partial charge >= 0.3 is 0 Å². The molecule has 0 bridgehead atoms. The highest BCUT2D eigenvalue weighted by atomic mass is 16.1. The molecule has 0 atom stereocenters. The Hall–Kier alpha value is -1.56. The first kappa shape index (κ1) is 11.9. The van der Waals surface area contributed by atoms with Crippen molar-refractivity contribution in [3.8, 4) is 6.07 Å². The number of aromatic nitrogens is 1. The molecule has 0 fully saturated rings. The van der Waals surface area contributed by atoms with Crippen LogP contribution in [0.4, 0.5) is 0 Å². The van der Waals surface area contributed by atoms with Gasteiger partial charge in [-0.3, -0.25) is 4.79 Å². The number of hydrogen-bond acceptors (Lipinski definition) is 2. The highest BCUT2D eigenvalue weighted by Crippen LogP contribution is 2.23. The van der Waals surface area contributed by atoms with Gasteiger partial charge in [-0.2, -0.15) is 5.26 Å². The van der Waals surface area contributed by atoms with Gasteiger partial charge in [0.05, 0.1) is 11.5 Å². The molecule has 17 heavy (non-hydrogen) atoms. The minimum Gasteiger partial charge on any atom is -0.312 e. The zero-order chi connectivity index (χ0) is 12.5. The largest absolute Gasteiger partial charge is 0.312 e. The Kier molecular flexibility index (Phi) is 3.06. The van der Waals surface area contributed by atoms with Crippen molar-refractivity contribution in [2.75, 3.05) is 0 Å². The maximum absolute atomic E-state index is 11.9. The summed E-state index contributed by atoms with van der Waals surface area (Å²) in [6.07, 6.45) is 3.94. The fourth-order valence-corrected chi connectivity index (χ4v) is 2.33. The van der Waals surface area contributed by atoms with E-state index in [0.717, 1.165) is 25.7 Å². The van der Waals surface area contributed by atoms with E-state index in [4.69, 9.17) is 5.26 Å². The van der Waals surface area contributed by atoms with Gasteiger partial charge < -0.3 is 4.57 Å². The van der Waals surface area contributed by atoms with Crippen LogP contribution in [0.5, 0.6) is 0 Å². The van der Waals surface area contributed by atoms with Gasteiger partial charge in [0.2, 0.25) is 0 Å². The lowest BCUT2D eigenvalue weighted by molar-refractivity contribution is 0.405. The predicted molar refractivity (Wildman–Crippen MR) is 66.7 cm³/mol. The van der Waals surface area contributed by atoms with Gasteiger partial charge in [-0.1, -0.05) is 6.07 Å². The SMILES string of the molecule is CC(C)(C#N)CCn1c2c(ccc1=O)CCC2. The van der Waals surface area contributed by atoms with Crippen LogP contribution >= 0.6 is 0 Å². The molecule has 3 nitrogen and oxygen atoms in total. The number of nitriles is 1. The van der Waals surface area contributed by atoms with E-state index in [0.29, 0.717) is 6.54 Å². The van der Waals surface area contributed by atoms with Gasteiger partial charge in [0.25, 0.3) is 5.56 Å². The van der Waals surface area contributed by atoms with Gasteiger partial charge in [-0.05, 0) is 45.1 Å². The van der Waals surface area contributed by atoms with E-state index in [-0.39, 0.29) is 11.0 Å². The summed E-state index contributed by atoms with van der Waals surface area (Å²) in [5, 5.41) is 9.00. The maximum atomic E-state index is 11.9. The summed E-state index contributed by atoms with van der Waals surface area (Å²) in [6.45, 7) is 4.49. The van der Waals surface area contributed by atoms with Gasteiger partial charge in [0, 0.05) is 18.3 Å². The molecule has 2 rings (SSSR count). The lowest BCUT2D eigenvalue weighted by Gasteiger charge is -2.18. The molecule has 3 heteroatoms. The van der Waals surface area contributed by atoms with Crippen molar-refractivity contribution < 1.29 is 0 Å². The van der Waals surface area contributed by atoms with Crippen molar-refractivity contribution >= 4 is 0 Å². The molecule has 0 N–H and O–H groups in total. The van der Waals surface area contributed by atoms with E-state index in [1.54, 1.807) is 6.07 Å². The fourth-order valence-electron chi connectivity index (χ4n) is 2.33. The van der Waals surface area contributed by atoms with Crippen LogP contribution in [-0.4, -0.2) is 4.57 Å². The molecule has 1 heterocycles. The molecule has 0 spiro atoms. The number of hydrogen-bond donors (Lipinski definition) is 0. The molecule has 0 saturated heterocycles. The van der Waals surface area contributed by atoms with Gasteiger partial charge in [0.1, 0.15) is 0 Å². The van der Waals surface area contributed by atoms with Crippen molar-refractivity contribution in [1.29, 1.82) is 5.26 Å². The summed E-state index contributed by atoms with van der Waals surface area (Å²) < 4.78 is 1.86. The Labute approximate surface area is 102 Å². The second-order valence-electron chi connectivity index (χ2n) is 5.39. The number of pyridine rings is 1.